The molecular weight excluding hydrogens is 250 g/mol. The van der Waals surface area contributed by atoms with Crippen LogP contribution >= 0.6 is 0 Å². The molecular formula is C17H35NO2. The lowest BCUT2D eigenvalue weighted by molar-refractivity contribution is -0.0986. The van der Waals surface area contributed by atoms with Crippen molar-refractivity contribution in [2.24, 2.45) is 5.92 Å². The van der Waals surface area contributed by atoms with Gasteiger partial charge in [-0.3, -0.25) is 0 Å². The Balaban J connectivity index is 2.47. The van der Waals surface area contributed by atoms with E-state index in [-0.39, 0.29) is 17.2 Å². The molecule has 0 aromatic heterocycles. The third-order valence-electron chi connectivity index (χ3n) is 4.07. The Morgan fingerprint density at radius 2 is 1.75 bits per heavy atom. The molecule has 0 aromatic carbocycles. The summed E-state index contributed by atoms with van der Waals surface area (Å²) in [6, 6.07) is 0. The Morgan fingerprint density at radius 1 is 1.15 bits per heavy atom. The Kier molecular flexibility index (Phi) is 6.96. The average Bonchev–Trinajstić information content (AvgIpc) is 2.34. The first-order valence-corrected chi connectivity index (χ1v) is 8.23. The van der Waals surface area contributed by atoms with Crippen LogP contribution in [0.15, 0.2) is 0 Å². The van der Waals surface area contributed by atoms with E-state index in [2.05, 4.69) is 46.9 Å². The number of rotatable bonds is 7. The van der Waals surface area contributed by atoms with E-state index in [4.69, 9.17) is 9.47 Å². The molecule has 0 saturated heterocycles. The highest BCUT2D eigenvalue weighted by atomic mass is 16.5. The lowest BCUT2D eigenvalue weighted by Crippen LogP contribution is -2.51. The summed E-state index contributed by atoms with van der Waals surface area (Å²) in [6.07, 6.45) is 5.17. The Hall–Kier alpha value is -0.120. The van der Waals surface area contributed by atoms with Crippen molar-refractivity contribution < 1.29 is 9.47 Å². The van der Waals surface area contributed by atoms with Crippen LogP contribution in [0.3, 0.4) is 0 Å². The minimum Gasteiger partial charge on any atom is -0.376 e. The Morgan fingerprint density at radius 3 is 2.25 bits per heavy atom. The van der Waals surface area contributed by atoms with Crippen molar-refractivity contribution in [1.29, 1.82) is 0 Å². The van der Waals surface area contributed by atoms with E-state index in [9.17, 15) is 0 Å². The van der Waals surface area contributed by atoms with Crippen molar-refractivity contribution in [3.63, 3.8) is 0 Å². The normalized spacial score (nSPS) is 28.1. The standard InChI is InChI=1S/C17H35NO2/c1-14(2)19-11-12-20-17(13-18-16(4,5)6)9-7-15(3)8-10-17/h14-15,18H,7-13H2,1-6H3. The minimum atomic E-state index is 0.0140. The smallest absolute Gasteiger partial charge is 0.0807 e. The first-order chi connectivity index (χ1) is 9.22. The summed E-state index contributed by atoms with van der Waals surface area (Å²) < 4.78 is 11.9. The summed E-state index contributed by atoms with van der Waals surface area (Å²) in [5.41, 5.74) is 0.161. The molecule has 1 aliphatic rings. The molecule has 1 N–H and O–H groups in total. The van der Waals surface area contributed by atoms with Gasteiger partial charge in [0.2, 0.25) is 0 Å². The Bertz CT molecular complexity index is 263. The summed E-state index contributed by atoms with van der Waals surface area (Å²) in [5, 5.41) is 3.63. The highest BCUT2D eigenvalue weighted by Gasteiger charge is 2.35. The van der Waals surface area contributed by atoms with Gasteiger partial charge in [0.05, 0.1) is 24.9 Å². The minimum absolute atomic E-state index is 0.0140. The Labute approximate surface area is 125 Å². The van der Waals surface area contributed by atoms with Crippen molar-refractivity contribution >= 4 is 0 Å². The van der Waals surface area contributed by atoms with Crippen LogP contribution in [0.25, 0.3) is 0 Å². The van der Waals surface area contributed by atoms with E-state index in [1.165, 1.54) is 25.7 Å². The molecule has 1 fully saturated rings. The fourth-order valence-electron chi connectivity index (χ4n) is 2.63. The zero-order valence-electron chi connectivity index (χ0n) is 14.4. The number of ether oxygens (including phenoxy) is 2. The second-order valence-electron chi connectivity index (χ2n) is 7.74. The number of nitrogens with one attached hydrogen (secondary N) is 1. The van der Waals surface area contributed by atoms with Gasteiger partial charge in [0.15, 0.2) is 0 Å². The van der Waals surface area contributed by atoms with Crippen LogP contribution in [-0.4, -0.2) is 37.0 Å². The molecule has 120 valence electrons. The fraction of sp³-hybridized carbons (Fsp3) is 1.00. The molecule has 1 rings (SSSR count). The van der Waals surface area contributed by atoms with Gasteiger partial charge in [-0.1, -0.05) is 6.92 Å². The highest BCUT2D eigenvalue weighted by molar-refractivity contribution is 4.90. The first kappa shape index (κ1) is 17.9. The molecule has 3 heteroatoms. The summed E-state index contributed by atoms with van der Waals surface area (Å²) in [7, 11) is 0. The molecule has 20 heavy (non-hydrogen) atoms. The van der Waals surface area contributed by atoms with Crippen LogP contribution in [0.4, 0.5) is 0 Å². The van der Waals surface area contributed by atoms with Gasteiger partial charge in [-0.2, -0.15) is 0 Å². The van der Waals surface area contributed by atoms with Crippen LogP contribution in [-0.2, 0) is 9.47 Å². The van der Waals surface area contributed by atoms with Crippen molar-refractivity contribution in [3.8, 4) is 0 Å². The maximum Gasteiger partial charge on any atom is 0.0807 e. The quantitative estimate of drug-likeness (QED) is 0.722. The summed E-state index contributed by atoms with van der Waals surface area (Å²) in [5.74, 6) is 0.841. The van der Waals surface area contributed by atoms with E-state index >= 15 is 0 Å². The lowest BCUT2D eigenvalue weighted by Gasteiger charge is -2.41. The zero-order chi connectivity index (χ0) is 15.2. The van der Waals surface area contributed by atoms with Crippen LogP contribution in [0.1, 0.15) is 67.2 Å². The second kappa shape index (κ2) is 7.77. The monoisotopic (exact) mass is 285 g/mol. The number of hydrogen-bond donors (Lipinski definition) is 1. The number of hydrogen-bond acceptors (Lipinski definition) is 3. The topological polar surface area (TPSA) is 30.5 Å². The van der Waals surface area contributed by atoms with Gasteiger partial charge in [0.1, 0.15) is 0 Å². The third kappa shape index (κ3) is 7.05. The molecule has 3 nitrogen and oxygen atoms in total. The van der Waals surface area contributed by atoms with E-state index in [1.54, 1.807) is 0 Å². The first-order valence-electron chi connectivity index (χ1n) is 8.23. The molecule has 0 heterocycles. The molecule has 0 unspecified atom stereocenters. The summed E-state index contributed by atoms with van der Waals surface area (Å²) in [4.78, 5) is 0. The molecule has 0 spiro atoms. The molecule has 0 aromatic rings. The van der Waals surface area contributed by atoms with Gasteiger partial charge in [-0.15, -0.1) is 0 Å². The summed E-state index contributed by atoms with van der Waals surface area (Å²) in [6.45, 7) is 15.5. The molecule has 1 saturated carbocycles. The maximum atomic E-state index is 6.28. The second-order valence-corrected chi connectivity index (χ2v) is 7.74. The van der Waals surface area contributed by atoms with Crippen LogP contribution in [0.5, 0.6) is 0 Å². The van der Waals surface area contributed by atoms with Crippen LogP contribution in [0, 0.1) is 5.92 Å². The maximum absolute atomic E-state index is 6.28. The van der Waals surface area contributed by atoms with Gasteiger partial charge >= 0.3 is 0 Å². The predicted molar refractivity (Wildman–Crippen MR) is 85.2 cm³/mol. The van der Waals surface area contributed by atoms with Crippen LogP contribution in [0.2, 0.25) is 0 Å². The SMILES string of the molecule is CC1CCC(CNC(C)(C)C)(OCCOC(C)C)CC1. The predicted octanol–water partition coefficient (Wildman–Crippen LogP) is 3.77. The van der Waals surface area contributed by atoms with Gasteiger partial charge in [0.25, 0.3) is 0 Å². The van der Waals surface area contributed by atoms with Gasteiger partial charge < -0.3 is 14.8 Å². The van der Waals surface area contributed by atoms with Crippen molar-refractivity contribution in [2.45, 2.75) is 84.5 Å². The highest BCUT2D eigenvalue weighted by Crippen LogP contribution is 2.34. The molecule has 0 amide bonds. The average molecular weight is 285 g/mol. The van der Waals surface area contributed by atoms with E-state index in [0.717, 1.165) is 12.5 Å². The molecule has 0 atom stereocenters. The molecule has 1 aliphatic carbocycles. The van der Waals surface area contributed by atoms with Crippen LogP contribution < -0.4 is 5.32 Å². The van der Waals surface area contributed by atoms with E-state index < -0.39 is 0 Å². The van der Waals surface area contributed by atoms with E-state index in [0.29, 0.717) is 13.2 Å². The molecule has 0 radical (unpaired) electrons. The van der Waals surface area contributed by atoms with Gasteiger partial charge in [-0.25, -0.2) is 0 Å². The van der Waals surface area contributed by atoms with Crippen molar-refractivity contribution in [3.05, 3.63) is 0 Å². The largest absolute Gasteiger partial charge is 0.376 e. The summed E-state index contributed by atoms with van der Waals surface area (Å²) >= 11 is 0. The third-order valence-corrected chi connectivity index (χ3v) is 4.07. The van der Waals surface area contributed by atoms with Crippen molar-refractivity contribution in [1.82, 2.24) is 5.32 Å². The zero-order valence-corrected chi connectivity index (χ0v) is 14.4. The van der Waals surface area contributed by atoms with Gasteiger partial charge in [0, 0.05) is 12.1 Å². The van der Waals surface area contributed by atoms with Crippen molar-refractivity contribution in [2.75, 3.05) is 19.8 Å². The van der Waals surface area contributed by atoms with E-state index in [1.807, 2.05) is 0 Å². The lowest BCUT2D eigenvalue weighted by atomic mass is 9.79. The fourth-order valence-corrected chi connectivity index (χ4v) is 2.63. The molecule has 0 bridgehead atoms. The van der Waals surface area contributed by atoms with Gasteiger partial charge in [-0.05, 0) is 66.2 Å². The molecule has 0 aliphatic heterocycles.